The van der Waals surface area contributed by atoms with Crippen LogP contribution in [0.3, 0.4) is 0 Å². The minimum atomic E-state index is -4.64. The van der Waals surface area contributed by atoms with Gasteiger partial charge in [0.05, 0.1) is 11.4 Å². The molecule has 1 aromatic heterocycles. The van der Waals surface area contributed by atoms with Crippen LogP contribution >= 0.6 is 0 Å². The SMILES string of the molecule is OC(CCNc1nc(-c2ccccc2)cc(-c2ccccc2)n1)C(F)(F)F. The molecular formula is C20H18F3N3O. The molecule has 0 spiro atoms. The molecule has 1 heterocycles. The Morgan fingerprint density at radius 1 is 0.852 bits per heavy atom. The summed E-state index contributed by atoms with van der Waals surface area (Å²) >= 11 is 0. The molecule has 4 nitrogen and oxygen atoms in total. The second-order valence-corrected chi connectivity index (χ2v) is 5.97. The lowest BCUT2D eigenvalue weighted by Gasteiger charge is -2.15. The van der Waals surface area contributed by atoms with Crippen LogP contribution in [0.1, 0.15) is 6.42 Å². The molecule has 1 unspecified atom stereocenters. The van der Waals surface area contributed by atoms with Gasteiger partial charge < -0.3 is 10.4 Å². The molecule has 0 amide bonds. The number of hydrogen-bond donors (Lipinski definition) is 2. The third kappa shape index (κ3) is 5.04. The summed E-state index contributed by atoms with van der Waals surface area (Å²) < 4.78 is 37.3. The first kappa shape index (κ1) is 18.8. The summed E-state index contributed by atoms with van der Waals surface area (Å²) in [5.74, 6) is 0.213. The van der Waals surface area contributed by atoms with Gasteiger partial charge in [-0.15, -0.1) is 0 Å². The second-order valence-electron chi connectivity index (χ2n) is 5.97. The number of nitrogens with zero attached hydrogens (tertiary/aromatic N) is 2. The first-order chi connectivity index (χ1) is 12.9. The Hall–Kier alpha value is -2.93. The molecule has 0 aliphatic carbocycles. The molecule has 0 saturated heterocycles. The number of rotatable bonds is 6. The third-order valence-corrected chi connectivity index (χ3v) is 3.94. The van der Waals surface area contributed by atoms with Gasteiger partial charge in [-0.25, -0.2) is 9.97 Å². The van der Waals surface area contributed by atoms with Crippen molar-refractivity contribution in [3.8, 4) is 22.5 Å². The Labute approximate surface area is 154 Å². The maximum atomic E-state index is 12.4. The summed E-state index contributed by atoms with van der Waals surface area (Å²) in [5, 5.41) is 11.9. The van der Waals surface area contributed by atoms with Crippen molar-refractivity contribution in [2.75, 3.05) is 11.9 Å². The Kier molecular flexibility index (Phi) is 5.71. The lowest BCUT2D eigenvalue weighted by molar-refractivity contribution is -0.204. The van der Waals surface area contributed by atoms with E-state index in [9.17, 15) is 13.2 Å². The fourth-order valence-electron chi connectivity index (χ4n) is 2.52. The molecule has 140 valence electrons. The van der Waals surface area contributed by atoms with E-state index in [1.54, 1.807) is 0 Å². The lowest BCUT2D eigenvalue weighted by Crippen LogP contribution is -2.30. The van der Waals surface area contributed by atoms with Crippen molar-refractivity contribution in [3.63, 3.8) is 0 Å². The molecule has 3 aromatic rings. The number of halogens is 3. The highest BCUT2D eigenvalue weighted by Crippen LogP contribution is 2.25. The molecule has 2 aromatic carbocycles. The van der Waals surface area contributed by atoms with Gasteiger partial charge in [0.2, 0.25) is 5.95 Å². The summed E-state index contributed by atoms with van der Waals surface area (Å²) in [6.07, 6.45) is -7.50. The normalized spacial score (nSPS) is 12.6. The predicted octanol–water partition coefficient (Wildman–Crippen LogP) is 4.54. The number of hydrogen-bond acceptors (Lipinski definition) is 4. The minimum Gasteiger partial charge on any atom is -0.384 e. The fraction of sp³-hybridized carbons (Fsp3) is 0.200. The van der Waals surface area contributed by atoms with Crippen LogP contribution in [0.5, 0.6) is 0 Å². The van der Waals surface area contributed by atoms with Gasteiger partial charge in [0.15, 0.2) is 6.10 Å². The van der Waals surface area contributed by atoms with Crippen LogP contribution < -0.4 is 5.32 Å². The largest absolute Gasteiger partial charge is 0.414 e. The van der Waals surface area contributed by atoms with Crippen molar-refractivity contribution in [1.29, 1.82) is 0 Å². The minimum absolute atomic E-state index is 0.104. The van der Waals surface area contributed by atoms with Crippen LogP contribution in [0, 0.1) is 0 Å². The van der Waals surface area contributed by atoms with Gasteiger partial charge in [-0.05, 0) is 12.5 Å². The molecule has 7 heteroatoms. The van der Waals surface area contributed by atoms with Gasteiger partial charge in [-0.1, -0.05) is 60.7 Å². The Morgan fingerprint density at radius 3 is 1.78 bits per heavy atom. The molecule has 3 rings (SSSR count). The second kappa shape index (κ2) is 8.18. The van der Waals surface area contributed by atoms with E-state index >= 15 is 0 Å². The molecular weight excluding hydrogens is 355 g/mol. The predicted molar refractivity (Wildman–Crippen MR) is 98.1 cm³/mol. The van der Waals surface area contributed by atoms with Crippen LogP contribution in [-0.4, -0.2) is 33.9 Å². The van der Waals surface area contributed by atoms with Crippen LogP contribution in [-0.2, 0) is 0 Å². The van der Waals surface area contributed by atoms with E-state index in [4.69, 9.17) is 5.11 Å². The quantitative estimate of drug-likeness (QED) is 0.666. The average molecular weight is 373 g/mol. The van der Waals surface area contributed by atoms with Gasteiger partial charge in [0.1, 0.15) is 0 Å². The smallest absolute Gasteiger partial charge is 0.384 e. The van der Waals surface area contributed by atoms with Gasteiger partial charge in [-0.2, -0.15) is 13.2 Å². The molecule has 27 heavy (non-hydrogen) atoms. The number of benzene rings is 2. The topological polar surface area (TPSA) is 58.0 Å². The van der Waals surface area contributed by atoms with Crippen molar-refractivity contribution in [2.45, 2.75) is 18.7 Å². The Bertz CT molecular complexity index is 813. The van der Waals surface area contributed by atoms with Gasteiger partial charge in [-0.3, -0.25) is 0 Å². The summed E-state index contributed by atoms with van der Waals surface area (Å²) in [4.78, 5) is 8.81. The number of nitrogens with one attached hydrogen (secondary N) is 1. The highest BCUT2D eigenvalue weighted by atomic mass is 19.4. The van der Waals surface area contributed by atoms with Crippen LogP contribution in [0.4, 0.5) is 19.1 Å². The van der Waals surface area contributed by atoms with Crippen molar-refractivity contribution in [2.24, 2.45) is 0 Å². The zero-order valence-electron chi connectivity index (χ0n) is 14.3. The van der Waals surface area contributed by atoms with E-state index in [2.05, 4.69) is 15.3 Å². The molecule has 0 aliphatic heterocycles. The van der Waals surface area contributed by atoms with E-state index in [0.717, 1.165) is 11.1 Å². The molecule has 0 bridgehead atoms. The molecule has 0 radical (unpaired) electrons. The molecule has 0 saturated carbocycles. The highest BCUT2D eigenvalue weighted by molar-refractivity contribution is 5.69. The number of anilines is 1. The van der Waals surface area contributed by atoms with E-state index in [1.165, 1.54) is 0 Å². The Morgan fingerprint density at radius 2 is 1.33 bits per heavy atom. The first-order valence-electron chi connectivity index (χ1n) is 8.42. The third-order valence-electron chi connectivity index (χ3n) is 3.94. The average Bonchev–Trinajstić information content (AvgIpc) is 2.68. The molecule has 0 fully saturated rings. The number of aliphatic hydroxyl groups is 1. The van der Waals surface area contributed by atoms with Gasteiger partial charge in [0, 0.05) is 17.7 Å². The van der Waals surface area contributed by atoms with Crippen LogP contribution in [0.25, 0.3) is 22.5 Å². The molecule has 0 aliphatic rings. The number of aliphatic hydroxyl groups excluding tert-OH is 1. The van der Waals surface area contributed by atoms with Gasteiger partial charge >= 0.3 is 6.18 Å². The monoisotopic (exact) mass is 373 g/mol. The number of alkyl halides is 3. The maximum Gasteiger partial charge on any atom is 0.414 e. The van der Waals surface area contributed by atoms with Crippen LogP contribution in [0.2, 0.25) is 0 Å². The van der Waals surface area contributed by atoms with Crippen molar-refractivity contribution in [3.05, 3.63) is 66.7 Å². The zero-order valence-corrected chi connectivity index (χ0v) is 14.3. The zero-order chi connectivity index (χ0) is 19.3. The highest BCUT2D eigenvalue weighted by Gasteiger charge is 2.37. The van der Waals surface area contributed by atoms with E-state index in [1.807, 2.05) is 66.7 Å². The lowest BCUT2D eigenvalue weighted by atomic mass is 10.1. The van der Waals surface area contributed by atoms with Gasteiger partial charge in [0.25, 0.3) is 0 Å². The van der Waals surface area contributed by atoms with Crippen molar-refractivity contribution in [1.82, 2.24) is 9.97 Å². The van der Waals surface area contributed by atoms with Crippen molar-refractivity contribution >= 4 is 5.95 Å². The van der Waals surface area contributed by atoms with Crippen molar-refractivity contribution < 1.29 is 18.3 Å². The summed E-state index contributed by atoms with van der Waals surface area (Å²) in [7, 11) is 0. The Balaban J connectivity index is 1.87. The maximum absolute atomic E-state index is 12.4. The number of aromatic nitrogens is 2. The summed E-state index contributed by atoms with van der Waals surface area (Å²) in [6, 6.07) is 20.7. The fourth-order valence-corrected chi connectivity index (χ4v) is 2.52. The standard InChI is InChI=1S/C20H18F3N3O/c21-20(22,23)18(27)11-12-24-19-25-16(14-7-3-1-4-8-14)13-17(26-19)15-9-5-2-6-10-15/h1-10,13,18,27H,11-12H2,(H,24,25,26). The molecule has 2 N–H and O–H groups in total. The van der Waals surface area contributed by atoms with E-state index < -0.39 is 18.7 Å². The summed E-state index contributed by atoms with van der Waals surface area (Å²) in [6.45, 7) is -0.104. The summed E-state index contributed by atoms with van der Waals surface area (Å²) in [5.41, 5.74) is 3.05. The van der Waals surface area contributed by atoms with Crippen LogP contribution in [0.15, 0.2) is 66.7 Å². The first-order valence-corrected chi connectivity index (χ1v) is 8.42. The van der Waals surface area contributed by atoms with E-state index in [-0.39, 0.29) is 12.5 Å². The van der Waals surface area contributed by atoms with E-state index in [0.29, 0.717) is 11.4 Å². The molecule has 1 atom stereocenters.